The second-order valence-electron chi connectivity index (χ2n) is 6.91. The molecular weight excluding hydrogens is 300 g/mol. The molecule has 1 aliphatic rings. The normalized spacial score (nSPS) is 23.0. The average molecular weight is 322 g/mol. The predicted octanol–water partition coefficient (Wildman–Crippen LogP) is 2.47. The second-order valence-corrected chi connectivity index (χ2v) is 7.86. The number of nitrogens with zero attached hydrogens (tertiary/aromatic N) is 3. The van der Waals surface area contributed by atoms with Crippen molar-refractivity contribution in [2.24, 2.45) is 0 Å². The first-order chi connectivity index (χ1) is 10.2. The number of hydrogen-bond donors (Lipinski definition) is 1. The minimum Gasteiger partial charge on any atom is -0.367 e. The molecule has 0 aliphatic carbocycles. The van der Waals surface area contributed by atoms with Crippen molar-refractivity contribution >= 4 is 21.4 Å². The number of fused-ring (bicyclic) bond motifs is 1. The molecule has 0 radical (unpaired) electrons. The van der Waals surface area contributed by atoms with E-state index in [-0.39, 0.29) is 22.8 Å². The number of aromatic nitrogens is 3. The molecule has 2 aromatic heterocycles. The van der Waals surface area contributed by atoms with Crippen LogP contribution in [0.25, 0.3) is 4.96 Å². The van der Waals surface area contributed by atoms with E-state index in [1.54, 1.807) is 6.07 Å². The maximum Gasteiger partial charge on any atom is 0.275 e. The van der Waals surface area contributed by atoms with Crippen LogP contribution in [0.4, 0.5) is 5.13 Å². The van der Waals surface area contributed by atoms with Gasteiger partial charge in [-0.2, -0.15) is 4.52 Å². The average Bonchev–Trinajstić information content (AvgIpc) is 2.87. The summed E-state index contributed by atoms with van der Waals surface area (Å²) in [7, 11) is 0. The van der Waals surface area contributed by atoms with Gasteiger partial charge in [-0.1, -0.05) is 18.3 Å². The minimum atomic E-state index is -0.283. The van der Waals surface area contributed by atoms with Gasteiger partial charge in [-0.15, -0.1) is 5.10 Å². The van der Waals surface area contributed by atoms with Crippen molar-refractivity contribution < 1.29 is 4.74 Å². The Morgan fingerprint density at radius 3 is 2.77 bits per heavy atom. The van der Waals surface area contributed by atoms with Crippen LogP contribution in [0, 0.1) is 0 Å². The van der Waals surface area contributed by atoms with E-state index in [0.29, 0.717) is 10.1 Å². The van der Waals surface area contributed by atoms with Gasteiger partial charge in [0.25, 0.3) is 5.56 Å². The fourth-order valence-electron chi connectivity index (χ4n) is 3.03. The highest BCUT2D eigenvalue weighted by Crippen LogP contribution is 2.39. The van der Waals surface area contributed by atoms with E-state index >= 15 is 0 Å². The van der Waals surface area contributed by atoms with Gasteiger partial charge in [0, 0.05) is 11.8 Å². The van der Waals surface area contributed by atoms with Crippen molar-refractivity contribution in [3.63, 3.8) is 0 Å². The Labute approximate surface area is 133 Å². The van der Waals surface area contributed by atoms with E-state index < -0.39 is 0 Å². The number of rotatable bonds is 3. The third-order valence-corrected chi connectivity index (χ3v) is 4.87. The van der Waals surface area contributed by atoms with Crippen LogP contribution in [0.1, 0.15) is 46.7 Å². The van der Waals surface area contributed by atoms with Crippen LogP contribution in [-0.2, 0) is 11.2 Å². The van der Waals surface area contributed by atoms with Gasteiger partial charge in [0.1, 0.15) is 0 Å². The zero-order chi connectivity index (χ0) is 16.1. The first-order valence-electron chi connectivity index (χ1n) is 7.57. The Bertz CT molecular complexity index is 762. The Morgan fingerprint density at radius 2 is 2.18 bits per heavy atom. The van der Waals surface area contributed by atoms with Gasteiger partial charge in [-0.05, 0) is 40.5 Å². The molecule has 1 unspecified atom stereocenters. The van der Waals surface area contributed by atoms with Crippen molar-refractivity contribution in [2.45, 2.75) is 64.7 Å². The summed E-state index contributed by atoms with van der Waals surface area (Å²) in [4.78, 5) is 17.1. The lowest BCUT2D eigenvalue weighted by atomic mass is 9.95. The molecule has 0 saturated carbocycles. The van der Waals surface area contributed by atoms with E-state index in [1.165, 1.54) is 15.9 Å². The summed E-state index contributed by atoms with van der Waals surface area (Å²) < 4.78 is 7.45. The molecule has 1 N–H and O–H groups in total. The van der Waals surface area contributed by atoms with Gasteiger partial charge in [0.15, 0.2) is 0 Å². The predicted molar refractivity (Wildman–Crippen MR) is 87.8 cm³/mol. The monoisotopic (exact) mass is 322 g/mol. The van der Waals surface area contributed by atoms with Crippen molar-refractivity contribution in [1.82, 2.24) is 14.6 Å². The largest absolute Gasteiger partial charge is 0.367 e. The maximum atomic E-state index is 12.1. The van der Waals surface area contributed by atoms with Crippen LogP contribution in [-0.4, -0.2) is 31.8 Å². The first-order valence-corrected chi connectivity index (χ1v) is 8.38. The molecule has 3 heterocycles. The highest BCUT2D eigenvalue weighted by atomic mass is 32.1. The Balaban J connectivity index is 1.92. The zero-order valence-corrected chi connectivity index (χ0v) is 14.5. The lowest BCUT2D eigenvalue weighted by Gasteiger charge is -2.27. The summed E-state index contributed by atoms with van der Waals surface area (Å²) in [5.41, 5.74) is 0.218. The number of hydrogen-bond acceptors (Lipinski definition) is 6. The van der Waals surface area contributed by atoms with Crippen LogP contribution in [0.15, 0.2) is 10.9 Å². The van der Waals surface area contributed by atoms with Crippen LogP contribution in [0.5, 0.6) is 0 Å². The summed E-state index contributed by atoms with van der Waals surface area (Å²) in [5, 5.41) is 8.49. The molecule has 2 aromatic rings. The minimum absolute atomic E-state index is 0.131. The highest BCUT2D eigenvalue weighted by Gasteiger charge is 2.46. The molecule has 6 nitrogen and oxygen atoms in total. The standard InChI is InChI=1S/C15H22N4O2S/c1-6-9-7-11(20)19-13(16-9)22-12(18-19)17-10-8-14(2,3)21-15(10,4)5/h7,10H,6,8H2,1-5H3,(H,17,18). The van der Waals surface area contributed by atoms with Crippen LogP contribution < -0.4 is 10.9 Å². The third-order valence-electron chi connectivity index (χ3n) is 4.03. The fraction of sp³-hybridized carbons (Fsp3) is 0.667. The zero-order valence-electron chi connectivity index (χ0n) is 13.6. The van der Waals surface area contributed by atoms with E-state index in [0.717, 1.165) is 18.5 Å². The van der Waals surface area contributed by atoms with Gasteiger partial charge in [-0.25, -0.2) is 4.98 Å². The van der Waals surface area contributed by atoms with Gasteiger partial charge >= 0.3 is 0 Å². The Hall–Kier alpha value is -1.47. The Kier molecular flexibility index (Phi) is 3.52. The van der Waals surface area contributed by atoms with Crippen molar-refractivity contribution in [3.05, 3.63) is 22.1 Å². The molecule has 1 saturated heterocycles. The lowest BCUT2D eigenvalue weighted by molar-refractivity contribution is -0.0662. The summed E-state index contributed by atoms with van der Waals surface area (Å²) in [6, 6.07) is 1.69. The molecular formula is C15H22N4O2S. The molecule has 3 rings (SSSR count). The van der Waals surface area contributed by atoms with Crippen LogP contribution in [0.3, 0.4) is 0 Å². The fourth-order valence-corrected chi connectivity index (χ4v) is 3.91. The van der Waals surface area contributed by atoms with Crippen molar-refractivity contribution in [3.8, 4) is 0 Å². The van der Waals surface area contributed by atoms with Gasteiger partial charge in [-0.3, -0.25) is 4.79 Å². The molecule has 0 spiro atoms. The summed E-state index contributed by atoms with van der Waals surface area (Å²) >= 11 is 1.40. The molecule has 1 atom stereocenters. The second kappa shape index (κ2) is 5.03. The SMILES string of the molecule is CCc1cc(=O)n2nc(NC3CC(C)(C)OC3(C)C)sc2n1. The molecule has 0 amide bonds. The number of ether oxygens (including phenoxy) is 1. The molecule has 0 bridgehead atoms. The lowest BCUT2D eigenvalue weighted by Crippen LogP contribution is -2.38. The van der Waals surface area contributed by atoms with Crippen LogP contribution in [0.2, 0.25) is 0 Å². The quantitative estimate of drug-likeness (QED) is 0.940. The van der Waals surface area contributed by atoms with E-state index in [1.807, 2.05) is 6.92 Å². The third kappa shape index (κ3) is 2.75. The molecule has 1 aliphatic heterocycles. The van der Waals surface area contributed by atoms with Crippen molar-refractivity contribution in [2.75, 3.05) is 5.32 Å². The summed E-state index contributed by atoms with van der Waals surface area (Å²) in [6.45, 7) is 10.3. The smallest absolute Gasteiger partial charge is 0.275 e. The number of aryl methyl sites for hydroxylation is 1. The first kappa shape index (κ1) is 15.4. The van der Waals surface area contributed by atoms with E-state index in [2.05, 4.69) is 43.1 Å². The summed E-state index contributed by atoms with van der Waals surface area (Å²) in [5.74, 6) is 0. The Morgan fingerprint density at radius 1 is 1.45 bits per heavy atom. The van der Waals surface area contributed by atoms with Crippen molar-refractivity contribution in [1.29, 1.82) is 0 Å². The maximum absolute atomic E-state index is 12.1. The van der Waals surface area contributed by atoms with Crippen LogP contribution >= 0.6 is 11.3 Å². The van der Waals surface area contributed by atoms with E-state index in [4.69, 9.17) is 4.74 Å². The van der Waals surface area contributed by atoms with Gasteiger partial charge in [0.2, 0.25) is 10.1 Å². The molecule has 7 heteroatoms. The topological polar surface area (TPSA) is 68.5 Å². The molecule has 1 fully saturated rings. The van der Waals surface area contributed by atoms with E-state index in [9.17, 15) is 4.79 Å². The van der Waals surface area contributed by atoms with Gasteiger partial charge < -0.3 is 10.1 Å². The molecule has 120 valence electrons. The summed E-state index contributed by atoms with van der Waals surface area (Å²) in [6.07, 6.45) is 1.63. The number of anilines is 1. The highest BCUT2D eigenvalue weighted by molar-refractivity contribution is 7.20. The molecule has 0 aromatic carbocycles. The number of nitrogens with one attached hydrogen (secondary N) is 1. The molecule has 22 heavy (non-hydrogen) atoms. The van der Waals surface area contributed by atoms with Gasteiger partial charge in [0.05, 0.1) is 17.2 Å².